The van der Waals surface area contributed by atoms with Gasteiger partial charge in [0, 0.05) is 78.3 Å². The number of rotatable bonds is 5. The lowest BCUT2D eigenvalue weighted by Gasteiger charge is -2.26. The molecule has 2 aliphatic rings. The molecule has 6 aromatic rings. The Morgan fingerprint density at radius 1 is 0.729 bits per heavy atom. The quantitative estimate of drug-likeness (QED) is 0.187. The van der Waals surface area contributed by atoms with Crippen LogP contribution in [0, 0.1) is 0 Å². The lowest BCUT2D eigenvalue weighted by molar-refractivity contribution is 0.102. The minimum absolute atomic E-state index is 0.000641. The van der Waals surface area contributed by atoms with Gasteiger partial charge in [0.1, 0.15) is 9.40 Å². The summed E-state index contributed by atoms with van der Waals surface area (Å²) in [4.78, 5) is 45.2. The highest BCUT2D eigenvalue weighted by Gasteiger charge is 2.19. The predicted molar refractivity (Wildman–Crippen MR) is 198 cm³/mol. The van der Waals surface area contributed by atoms with Gasteiger partial charge in [-0.25, -0.2) is 0 Å². The van der Waals surface area contributed by atoms with E-state index >= 15 is 0 Å². The Balaban J connectivity index is 0.000000180. The second kappa shape index (κ2) is 14.5. The maximum atomic E-state index is 12.7. The van der Waals surface area contributed by atoms with Crippen molar-refractivity contribution in [3.05, 3.63) is 102 Å². The van der Waals surface area contributed by atoms with Crippen molar-refractivity contribution in [1.29, 1.82) is 0 Å². The molecule has 1 aromatic carbocycles. The molecule has 8 rings (SSSR count). The number of hydrogen-bond acceptors (Lipinski definition) is 10. The Bertz CT molecular complexity index is 2160. The Labute approximate surface area is 293 Å². The normalized spacial score (nSPS) is 14.9. The Hall–Kier alpha value is -4.26. The van der Waals surface area contributed by atoms with Gasteiger partial charge in [0.2, 0.25) is 10.9 Å². The van der Waals surface area contributed by atoms with Crippen LogP contribution >= 0.6 is 38.6 Å². The van der Waals surface area contributed by atoms with E-state index in [4.69, 9.17) is 8.83 Å². The van der Waals surface area contributed by atoms with Gasteiger partial charge < -0.3 is 24.0 Å². The third-order valence-electron chi connectivity index (χ3n) is 8.55. The zero-order chi connectivity index (χ0) is 33.0. The van der Waals surface area contributed by atoms with E-state index in [0.29, 0.717) is 43.6 Å². The monoisotopic (exact) mass is 744 g/mol. The molecule has 0 bridgehead atoms. The number of nitrogens with zero attached hydrogens (tertiary/aromatic N) is 3. The molecule has 5 aromatic heterocycles. The first kappa shape index (κ1) is 32.3. The van der Waals surface area contributed by atoms with E-state index < -0.39 is 0 Å². The molecule has 0 radical (unpaired) electrons. The standard InChI is InChI=1S/C24H21N3O3S.C12H12BrNO2S/c28-20-14-21(27-12-2-1-3-13-27)30-22-19(15-31-23(20)22)16-4-6-18(7-5-16)26-24(29)17-8-10-25-11-9-17;13-8-7-17-12-9(15)6-10(16-11(8)12)14-4-2-1-3-5-14/h4-11,14-15H,1-3,12-13H2,(H,26,29);6-7H,1-5H2. The van der Waals surface area contributed by atoms with Crippen LogP contribution in [0.2, 0.25) is 0 Å². The Morgan fingerprint density at radius 2 is 1.27 bits per heavy atom. The number of halogens is 1. The first-order valence-corrected chi connectivity index (χ1v) is 18.6. The number of carbonyl (C=O) groups is 1. The predicted octanol–water partition coefficient (Wildman–Crippen LogP) is 8.77. The van der Waals surface area contributed by atoms with E-state index in [1.165, 1.54) is 48.4 Å². The van der Waals surface area contributed by atoms with Gasteiger partial charge in [0.05, 0.1) is 4.47 Å². The van der Waals surface area contributed by atoms with Crippen molar-refractivity contribution in [3.8, 4) is 11.1 Å². The van der Waals surface area contributed by atoms with Gasteiger partial charge in [-0.2, -0.15) is 0 Å². The number of pyridine rings is 1. The number of benzene rings is 1. The van der Waals surface area contributed by atoms with Crippen LogP contribution in [0.5, 0.6) is 0 Å². The summed E-state index contributed by atoms with van der Waals surface area (Å²) in [5.74, 6) is 1.17. The van der Waals surface area contributed by atoms with Crippen molar-refractivity contribution in [1.82, 2.24) is 4.98 Å². The topological polar surface area (TPSA) is 109 Å². The molecule has 0 spiro atoms. The van der Waals surface area contributed by atoms with Crippen LogP contribution in [-0.4, -0.2) is 37.1 Å². The minimum Gasteiger partial charge on any atom is -0.439 e. The molecule has 0 atom stereocenters. The highest BCUT2D eigenvalue weighted by Crippen LogP contribution is 2.36. The van der Waals surface area contributed by atoms with E-state index in [9.17, 15) is 14.4 Å². The summed E-state index contributed by atoms with van der Waals surface area (Å²) < 4.78 is 14.3. The fraction of sp³-hybridized carbons (Fsp3) is 0.278. The summed E-state index contributed by atoms with van der Waals surface area (Å²) in [6.45, 7) is 3.80. The number of nitrogens with one attached hydrogen (secondary N) is 1. The van der Waals surface area contributed by atoms with Crippen LogP contribution in [0.15, 0.2) is 94.6 Å². The molecular weight excluding hydrogens is 712 g/mol. The lowest BCUT2D eigenvalue weighted by atomic mass is 10.1. The second-order valence-corrected chi connectivity index (χ2v) is 14.4. The maximum Gasteiger partial charge on any atom is 0.255 e. The third kappa shape index (κ3) is 6.96. The van der Waals surface area contributed by atoms with Crippen molar-refractivity contribution in [3.63, 3.8) is 0 Å². The van der Waals surface area contributed by atoms with Crippen molar-refractivity contribution < 1.29 is 13.6 Å². The van der Waals surface area contributed by atoms with Gasteiger partial charge >= 0.3 is 0 Å². The zero-order valence-electron chi connectivity index (χ0n) is 26.1. The van der Waals surface area contributed by atoms with Gasteiger partial charge in [-0.3, -0.25) is 19.4 Å². The Kier molecular flexibility index (Phi) is 9.73. The van der Waals surface area contributed by atoms with E-state index in [1.54, 1.807) is 36.7 Å². The molecule has 2 aliphatic heterocycles. The fourth-order valence-electron chi connectivity index (χ4n) is 6.01. The summed E-state index contributed by atoms with van der Waals surface area (Å²) in [7, 11) is 0. The average Bonchev–Trinajstić information content (AvgIpc) is 3.74. The van der Waals surface area contributed by atoms with Crippen molar-refractivity contribution >= 4 is 82.5 Å². The molecule has 9 nitrogen and oxygen atoms in total. The number of amides is 1. The van der Waals surface area contributed by atoms with Crippen LogP contribution in [0.25, 0.3) is 31.7 Å². The van der Waals surface area contributed by atoms with E-state index in [2.05, 4.69) is 36.0 Å². The highest BCUT2D eigenvalue weighted by atomic mass is 79.9. The smallest absolute Gasteiger partial charge is 0.255 e. The number of hydrogen-bond donors (Lipinski definition) is 1. The molecule has 1 N–H and O–H groups in total. The average molecular weight is 746 g/mol. The molecule has 7 heterocycles. The number of thiophene rings is 2. The maximum absolute atomic E-state index is 12.7. The highest BCUT2D eigenvalue weighted by molar-refractivity contribution is 9.10. The summed E-state index contributed by atoms with van der Waals surface area (Å²) >= 11 is 6.25. The van der Waals surface area contributed by atoms with Gasteiger partial charge in [-0.05, 0) is 84.3 Å². The van der Waals surface area contributed by atoms with Gasteiger partial charge in [-0.1, -0.05) is 12.1 Å². The molecule has 0 aliphatic carbocycles. The first-order chi connectivity index (χ1) is 23.4. The Morgan fingerprint density at radius 3 is 1.88 bits per heavy atom. The van der Waals surface area contributed by atoms with Crippen LogP contribution in [0.4, 0.5) is 17.5 Å². The van der Waals surface area contributed by atoms with Crippen LogP contribution < -0.4 is 26.0 Å². The van der Waals surface area contributed by atoms with Crippen LogP contribution in [0.1, 0.15) is 48.9 Å². The van der Waals surface area contributed by atoms with Gasteiger partial charge in [-0.15, -0.1) is 22.7 Å². The van der Waals surface area contributed by atoms with Gasteiger partial charge in [0.25, 0.3) is 5.91 Å². The number of fused-ring (bicyclic) bond motifs is 2. The summed E-state index contributed by atoms with van der Waals surface area (Å²) in [5.41, 5.74) is 4.45. The minimum atomic E-state index is -0.187. The number of anilines is 3. The number of carbonyl (C=O) groups excluding carboxylic acids is 1. The van der Waals surface area contributed by atoms with Crippen molar-refractivity contribution in [2.75, 3.05) is 41.3 Å². The van der Waals surface area contributed by atoms with Gasteiger partial charge in [0.15, 0.2) is 22.9 Å². The van der Waals surface area contributed by atoms with Crippen molar-refractivity contribution in [2.24, 2.45) is 0 Å². The summed E-state index contributed by atoms with van der Waals surface area (Å²) in [5, 5.41) is 6.74. The first-order valence-electron chi connectivity index (χ1n) is 16.0. The second-order valence-electron chi connectivity index (χ2n) is 11.8. The fourth-order valence-corrected chi connectivity index (χ4v) is 8.38. The molecule has 2 saturated heterocycles. The van der Waals surface area contributed by atoms with E-state index in [0.717, 1.165) is 54.6 Å². The van der Waals surface area contributed by atoms with Crippen LogP contribution in [0.3, 0.4) is 0 Å². The third-order valence-corrected chi connectivity index (χ3v) is 11.4. The molecule has 12 heteroatoms. The molecule has 246 valence electrons. The number of aromatic nitrogens is 1. The van der Waals surface area contributed by atoms with E-state index in [1.807, 2.05) is 35.0 Å². The van der Waals surface area contributed by atoms with E-state index in [-0.39, 0.29) is 16.8 Å². The molecule has 0 saturated carbocycles. The summed E-state index contributed by atoms with van der Waals surface area (Å²) in [6, 6.07) is 14.1. The van der Waals surface area contributed by atoms with Crippen molar-refractivity contribution in [2.45, 2.75) is 38.5 Å². The molecular formula is C36H33BrN4O5S2. The lowest BCUT2D eigenvalue weighted by Crippen LogP contribution is -2.29. The number of piperidine rings is 2. The summed E-state index contributed by atoms with van der Waals surface area (Å²) in [6.07, 6.45) is 10.2. The zero-order valence-corrected chi connectivity index (χ0v) is 29.3. The molecule has 48 heavy (non-hydrogen) atoms. The molecule has 2 fully saturated rings. The SMILES string of the molecule is O=C(Nc1ccc(-c2csc3c(=O)cc(N4CCCCC4)oc23)cc1)c1ccncc1.O=c1cc(N2CCCCC2)oc2c(Br)csc12. The largest absolute Gasteiger partial charge is 0.439 e. The molecule has 1 amide bonds. The molecule has 0 unspecified atom stereocenters. The van der Waals surface area contributed by atoms with Crippen LogP contribution in [-0.2, 0) is 0 Å².